The molecule has 1 rings (SSSR count). The first kappa shape index (κ1) is 20.8. The molecule has 0 atom stereocenters. The number of hydrogen-bond donors (Lipinski definition) is 1. The highest BCUT2D eigenvalue weighted by Crippen LogP contribution is 2.18. The minimum atomic E-state index is -0.516. The normalized spacial score (nSPS) is 10.2. The summed E-state index contributed by atoms with van der Waals surface area (Å²) in [5, 5.41) is 2.62. The van der Waals surface area contributed by atoms with E-state index < -0.39 is 6.09 Å². The average molecular weight is 350 g/mol. The molecule has 0 saturated carbocycles. The lowest BCUT2D eigenvalue weighted by molar-refractivity contribution is 0.150. The summed E-state index contributed by atoms with van der Waals surface area (Å²) < 4.78 is 10.4. The molecule has 6 heteroatoms. The van der Waals surface area contributed by atoms with Gasteiger partial charge < -0.3 is 14.4 Å². The molecule has 0 fully saturated rings. The summed E-state index contributed by atoms with van der Waals surface area (Å²) in [6, 6.07) is 6.75. The minimum Gasteiger partial charge on any atom is -0.449 e. The first-order valence-corrected chi connectivity index (χ1v) is 9.11. The van der Waals surface area contributed by atoms with Crippen LogP contribution in [0.1, 0.15) is 52.9 Å². The van der Waals surface area contributed by atoms with Crippen LogP contribution in [0, 0.1) is 0 Å². The lowest BCUT2D eigenvalue weighted by Gasteiger charge is -2.21. The van der Waals surface area contributed by atoms with Crippen molar-refractivity contribution in [2.24, 2.45) is 0 Å². The van der Waals surface area contributed by atoms with Crippen LogP contribution < -0.4 is 10.1 Å². The third kappa shape index (κ3) is 8.42. The van der Waals surface area contributed by atoms with Gasteiger partial charge in [0.25, 0.3) is 0 Å². The Labute approximate surface area is 150 Å². The summed E-state index contributed by atoms with van der Waals surface area (Å²) in [4.78, 5) is 25.7. The molecule has 25 heavy (non-hydrogen) atoms. The van der Waals surface area contributed by atoms with E-state index in [9.17, 15) is 9.59 Å². The molecule has 0 radical (unpaired) electrons. The highest BCUT2D eigenvalue weighted by molar-refractivity contribution is 5.85. The summed E-state index contributed by atoms with van der Waals surface area (Å²) >= 11 is 0. The first-order chi connectivity index (χ1) is 12.1. The predicted octanol–water partition coefficient (Wildman–Crippen LogP) is 5.05. The number of nitrogens with one attached hydrogen (secondary N) is 1. The smallest absolute Gasteiger partial charge is 0.415 e. The highest BCUT2D eigenvalue weighted by atomic mass is 16.6. The molecule has 0 unspecified atom stereocenters. The van der Waals surface area contributed by atoms with Gasteiger partial charge in [-0.05, 0) is 31.4 Å². The Balaban J connectivity index is 2.65. The van der Waals surface area contributed by atoms with Gasteiger partial charge in [-0.25, -0.2) is 9.59 Å². The van der Waals surface area contributed by atoms with Crippen LogP contribution in [0.4, 0.5) is 15.3 Å². The standard InChI is InChI=1S/C19H30N2O4/c1-4-7-12-21(13-8-5-2)19(23)25-17-11-9-10-16(15-17)20-18(22)24-14-6-3/h9-11,15H,4-8,12-14H2,1-3H3,(H,20,22). The molecule has 0 aliphatic heterocycles. The van der Waals surface area contributed by atoms with Crippen molar-refractivity contribution in [2.75, 3.05) is 25.0 Å². The molecule has 140 valence electrons. The third-order valence-corrected chi connectivity index (χ3v) is 3.54. The van der Waals surface area contributed by atoms with Crippen molar-refractivity contribution in [3.8, 4) is 5.75 Å². The van der Waals surface area contributed by atoms with Crippen LogP contribution >= 0.6 is 0 Å². The third-order valence-electron chi connectivity index (χ3n) is 3.54. The van der Waals surface area contributed by atoms with Gasteiger partial charge in [0.1, 0.15) is 5.75 Å². The van der Waals surface area contributed by atoms with Crippen LogP contribution in [-0.4, -0.2) is 36.8 Å². The molecule has 0 heterocycles. The van der Waals surface area contributed by atoms with Crippen molar-refractivity contribution >= 4 is 17.9 Å². The van der Waals surface area contributed by atoms with E-state index in [0.29, 0.717) is 31.1 Å². The fraction of sp³-hybridized carbons (Fsp3) is 0.579. The Morgan fingerprint density at radius 2 is 1.72 bits per heavy atom. The Hall–Kier alpha value is -2.24. The summed E-state index contributed by atoms with van der Waals surface area (Å²) in [5.41, 5.74) is 0.528. The number of hydrogen-bond acceptors (Lipinski definition) is 4. The van der Waals surface area contributed by atoms with E-state index in [1.165, 1.54) is 0 Å². The molecular weight excluding hydrogens is 320 g/mol. The van der Waals surface area contributed by atoms with Crippen molar-refractivity contribution in [1.82, 2.24) is 4.90 Å². The van der Waals surface area contributed by atoms with E-state index in [0.717, 1.165) is 32.1 Å². The number of unbranched alkanes of at least 4 members (excludes halogenated alkanes) is 2. The Kier molecular flexibility index (Phi) is 10.1. The molecule has 2 amide bonds. The van der Waals surface area contributed by atoms with Gasteiger partial charge in [0, 0.05) is 24.8 Å². The van der Waals surface area contributed by atoms with Crippen molar-refractivity contribution in [2.45, 2.75) is 52.9 Å². The largest absolute Gasteiger partial charge is 0.449 e. The van der Waals surface area contributed by atoms with Crippen LogP contribution in [0.15, 0.2) is 24.3 Å². The van der Waals surface area contributed by atoms with E-state index in [1.54, 1.807) is 29.2 Å². The van der Waals surface area contributed by atoms with Gasteiger partial charge in [-0.2, -0.15) is 0 Å². The number of ether oxygens (including phenoxy) is 2. The molecule has 1 N–H and O–H groups in total. The number of nitrogens with zero attached hydrogens (tertiary/aromatic N) is 1. The number of rotatable bonds is 10. The van der Waals surface area contributed by atoms with Crippen molar-refractivity contribution in [3.63, 3.8) is 0 Å². The summed E-state index contributed by atoms with van der Waals surface area (Å²) in [5.74, 6) is 0.399. The second-order valence-corrected chi connectivity index (χ2v) is 5.85. The van der Waals surface area contributed by atoms with Crippen LogP contribution in [0.3, 0.4) is 0 Å². The summed E-state index contributed by atoms with van der Waals surface area (Å²) in [7, 11) is 0. The van der Waals surface area contributed by atoms with Gasteiger partial charge in [-0.1, -0.05) is 39.7 Å². The van der Waals surface area contributed by atoms with E-state index in [1.807, 2.05) is 6.92 Å². The SMILES string of the molecule is CCCCN(CCCC)C(=O)Oc1cccc(NC(=O)OCCC)c1. The molecule has 0 saturated heterocycles. The van der Waals surface area contributed by atoms with Gasteiger partial charge in [0.15, 0.2) is 0 Å². The Morgan fingerprint density at radius 3 is 2.32 bits per heavy atom. The number of amides is 2. The van der Waals surface area contributed by atoms with Crippen LogP contribution in [-0.2, 0) is 4.74 Å². The van der Waals surface area contributed by atoms with Crippen molar-refractivity contribution < 1.29 is 19.1 Å². The minimum absolute atomic E-state index is 0.354. The van der Waals surface area contributed by atoms with Crippen LogP contribution in [0.2, 0.25) is 0 Å². The fourth-order valence-corrected chi connectivity index (χ4v) is 2.14. The zero-order chi connectivity index (χ0) is 18.5. The molecule has 1 aromatic carbocycles. The molecule has 0 aliphatic carbocycles. The van der Waals surface area contributed by atoms with Crippen LogP contribution in [0.5, 0.6) is 5.75 Å². The second kappa shape index (κ2) is 12.2. The molecule has 0 aromatic heterocycles. The average Bonchev–Trinajstić information content (AvgIpc) is 2.60. The fourth-order valence-electron chi connectivity index (χ4n) is 2.14. The van der Waals surface area contributed by atoms with Crippen molar-refractivity contribution in [1.29, 1.82) is 0 Å². The molecule has 0 bridgehead atoms. The van der Waals surface area contributed by atoms with Gasteiger partial charge in [0.05, 0.1) is 6.61 Å². The number of benzene rings is 1. The highest BCUT2D eigenvalue weighted by Gasteiger charge is 2.15. The first-order valence-electron chi connectivity index (χ1n) is 9.11. The number of anilines is 1. The predicted molar refractivity (Wildman–Crippen MR) is 99.1 cm³/mol. The molecule has 1 aromatic rings. The van der Waals surface area contributed by atoms with Crippen molar-refractivity contribution in [3.05, 3.63) is 24.3 Å². The Morgan fingerprint density at radius 1 is 1.04 bits per heavy atom. The van der Waals surface area contributed by atoms with Gasteiger partial charge >= 0.3 is 12.2 Å². The van der Waals surface area contributed by atoms with E-state index >= 15 is 0 Å². The van der Waals surface area contributed by atoms with E-state index in [4.69, 9.17) is 9.47 Å². The maximum Gasteiger partial charge on any atom is 0.415 e. The zero-order valence-corrected chi connectivity index (χ0v) is 15.5. The lowest BCUT2D eigenvalue weighted by Crippen LogP contribution is -2.35. The van der Waals surface area contributed by atoms with Gasteiger partial charge in [0.2, 0.25) is 0 Å². The maximum atomic E-state index is 12.4. The molecule has 6 nitrogen and oxygen atoms in total. The second-order valence-electron chi connectivity index (χ2n) is 5.85. The zero-order valence-electron chi connectivity index (χ0n) is 15.5. The number of carbonyl (C=O) groups excluding carboxylic acids is 2. The Bertz CT molecular complexity index is 526. The quantitative estimate of drug-likeness (QED) is 0.641. The summed E-state index contributed by atoms with van der Waals surface area (Å²) in [6.07, 6.45) is 3.83. The van der Waals surface area contributed by atoms with E-state index in [-0.39, 0.29) is 6.09 Å². The van der Waals surface area contributed by atoms with Crippen LogP contribution in [0.25, 0.3) is 0 Å². The lowest BCUT2D eigenvalue weighted by atomic mass is 10.3. The van der Waals surface area contributed by atoms with Gasteiger partial charge in [-0.3, -0.25) is 5.32 Å². The maximum absolute atomic E-state index is 12.4. The summed E-state index contributed by atoms with van der Waals surface area (Å²) in [6.45, 7) is 7.86. The molecule has 0 aliphatic rings. The van der Waals surface area contributed by atoms with E-state index in [2.05, 4.69) is 19.2 Å². The monoisotopic (exact) mass is 350 g/mol. The van der Waals surface area contributed by atoms with Gasteiger partial charge in [-0.15, -0.1) is 0 Å². The molecule has 0 spiro atoms. The number of carbonyl (C=O) groups is 2. The molecular formula is C19H30N2O4. The topological polar surface area (TPSA) is 67.9 Å².